The Labute approximate surface area is 164 Å². The Morgan fingerprint density at radius 1 is 1.04 bits per heavy atom. The van der Waals surface area contributed by atoms with E-state index < -0.39 is 0 Å². The van der Waals surface area contributed by atoms with Crippen molar-refractivity contribution in [1.82, 2.24) is 10.3 Å². The molecule has 3 aromatic rings. The van der Waals surface area contributed by atoms with Crippen molar-refractivity contribution >= 4 is 11.7 Å². The highest BCUT2D eigenvalue weighted by Gasteiger charge is 2.09. The summed E-state index contributed by atoms with van der Waals surface area (Å²) in [6, 6.07) is 18.9. The van der Waals surface area contributed by atoms with E-state index in [2.05, 4.69) is 15.6 Å². The molecule has 6 heteroatoms. The number of ether oxygens (including phenoxy) is 2. The van der Waals surface area contributed by atoms with E-state index in [0.717, 1.165) is 16.7 Å². The van der Waals surface area contributed by atoms with Crippen LogP contribution in [0.1, 0.15) is 16.7 Å². The van der Waals surface area contributed by atoms with Crippen LogP contribution >= 0.6 is 0 Å². The monoisotopic (exact) mass is 377 g/mol. The van der Waals surface area contributed by atoms with Crippen molar-refractivity contribution < 1.29 is 14.3 Å². The van der Waals surface area contributed by atoms with Gasteiger partial charge in [-0.25, -0.2) is 9.78 Å². The van der Waals surface area contributed by atoms with Crippen LogP contribution in [0.25, 0.3) is 0 Å². The molecule has 1 aromatic heterocycles. The number of aryl methyl sites for hydroxylation is 1. The van der Waals surface area contributed by atoms with Gasteiger partial charge in [0.2, 0.25) is 5.88 Å². The first-order valence-corrected chi connectivity index (χ1v) is 8.95. The molecular formula is C22H23N3O3. The molecule has 2 amide bonds. The maximum absolute atomic E-state index is 12.3. The molecule has 0 aliphatic heterocycles. The second kappa shape index (κ2) is 9.41. The van der Waals surface area contributed by atoms with Gasteiger partial charge in [0.25, 0.3) is 0 Å². The minimum absolute atomic E-state index is 0.316. The summed E-state index contributed by atoms with van der Waals surface area (Å²) >= 11 is 0. The normalized spacial score (nSPS) is 10.2. The average Bonchev–Trinajstić information content (AvgIpc) is 2.73. The minimum atomic E-state index is -0.316. The standard InChI is InChI=1S/C22H23N3O3/c1-16-8-9-19(20(12-16)28-15-17-6-4-3-5-7-17)25-22(26)24-14-18-10-11-23-21(13-18)27-2/h3-13H,14-15H2,1-2H3,(H2,24,25,26). The van der Waals surface area contributed by atoms with Gasteiger partial charge in [0.05, 0.1) is 12.8 Å². The van der Waals surface area contributed by atoms with Gasteiger partial charge in [-0.3, -0.25) is 0 Å². The molecule has 0 radical (unpaired) electrons. The van der Waals surface area contributed by atoms with E-state index in [1.165, 1.54) is 0 Å². The molecule has 3 rings (SSSR count). The molecule has 2 N–H and O–H groups in total. The van der Waals surface area contributed by atoms with Crippen LogP contribution in [0.2, 0.25) is 0 Å². The second-order valence-corrected chi connectivity index (χ2v) is 6.29. The number of aromatic nitrogens is 1. The summed E-state index contributed by atoms with van der Waals surface area (Å²) in [6.07, 6.45) is 1.64. The van der Waals surface area contributed by atoms with Gasteiger partial charge in [-0.05, 0) is 41.8 Å². The number of amides is 2. The van der Waals surface area contributed by atoms with E-state index in [4.69, 9.17) is 9.47 Å². The third-order valence-electron chi connectivity index (χ3n) is 4.08. The molecule has 0 spiro atoms. The predicted octanol–water partition coefficient (Wildman–Crippen LogP) is 4.30. The summed E-state index contributed by atoms with van der Waals surface area (Å²) < 4.78 is 11.0. The Bertz CT molecular complexity index is 929. The zero-order valence-electron chi connectivity index (χ0n) is 15.9. The second-order valence-electron chi connectivity index (χ2n) is 6.29. The van der Waals surface area contributed by atoms with Crippen LogP contribution in [0, 0.1) is 6.92 Å². The summed E-state index contributed by atoms with van der Waals surface area (Å²) in [5, 5.41) is 5.68. The molecule has 0 aliphatic rings. The molecule has 28 heavy (non-hydrogen) atoms. The number of urea groups is 1. The lowest BCUT2D eigenvalue weighted by atomic mass is 10.2. The van der Waals surface area contributed by atoms with E-state index in [0.29, 0.717) is 30.5 Å². The van der Waals surface area contributed by atoms with Crippen molar-refractivity contribution in [3.8, 4) is 11.6 Å². The van der Waals surface area contributed by atoms with Crippen molar-refractivity contribution in [2.45, 2.75) is 20.1 Å². The summed E-state index contributed by atoms with van der Waals surface area (Å²) in [5.41, 5.74) is 3.63. The van der Waals surface area contributed by atoms with E-state index in [1.807, 2.05) is 61.5 Å². The van der Waals surface area contributed by atoms with Crippen LogP contribution in [0.3, 0.4) is 0 Å². The maximum Gasteiger partial charge on any atom is 0.319 e. The molecule has 6 nitrogen and oxygen atoms in total. The molecule has 0 saturated carbocycles. The Morgan fingerprint density at radius 2 is 1.86 bits per heavy atom. The summed E-state index contributed by atoms with van der Waals surface area (Å²) in [4.78, 5) is 16.4. The van der Waals surface area contributed by atoms with Gasteiger partial charge < -0.3 is 20.1 Å². The summed E-state index contributed by atoms with van der Waals surface area (Å²) in [6.45, 7) is 2.77. The highest BCUT2D eigenvalue weighted by atomic mass is 16.5. The molecule has 2 aromatic carbocycles. The largest absolute Gasteiger partial charge is 0.487 e. The van der Waals surface area contributed by atoms with Crippen molar-refractivity contribution in [2.24, 2.45) is 0 Å². The minimum Gasteiger partial charge on any atom is -0.487 e. The average molecular weight is 377 g/mol. The first-order valence-electron chi connectivity index (χ1n) is 8.95. The SMILES string of the molecule is COc1cc(CNC(=O)Nc2ccc(C)cc2OCc2ccccc2)ccn1. The summed E-state index contributed by atoms with van der Waals surface area (Å²) in [5.74, 6) is 1.14. The fraction of sp³-hybridized carbons (Fsp3) is 0.182. The molecular weight excluding hydrogens is 354 g/mol. The van der Waals surface area contributed by atoms with Crippen LogP contribution < -0.4 is 20.1 Å². The Balaban J connectivity index is 1.61. The number of hydrogen-bond donors (Lipinski definition) is 2. The van der Waals surface area contributed by atoms with Gasteiger partial charge in [0.15, 0.2) is 0 Å². The van der Waals surface area contributed by atoms with Crippen molar-refractivity contribution in [2.75, 3.05) is 12.4 Å². The molecule has 0 fully saturated rings. The van der Waals surface area contributed by atoms with Crippen LogP contribution in [0.4, 0.5) is 10.5 Å². The molecule has 0 aliphatic carbocycles. The number of nitrogens with one attached hydrogen (secondary N) is 2. The van der Waals surface area contributed by atoms with Crippen molar-refractivity contribution in [1.29, 1.82) is 0 Å². The Hall–Kier alpha value is -3.54. The number of carbonyl (C=O) groups is 1. The lowest BCUT2D eigenvalue weighted by Gasteiger charge is -2.14. The number of rotatable bonds is 7. The lowest BCUT2D eigenvalue weighted by Crippen LogP contribution is -2.28. The first kappa shape index (κ1) is 19.2. The number of methoxy groups -OCH3 is 1. The van der Waals surface area contributed by atoms with Crippen molar-refractivity contribution in [3.63, 3.8) is 0 Å². The highest BCUT2D eigenvalue weighted by Crippen LogP contribution is 2.26. The first-order chi connectivity index (χ1) is 13.6. The van der Waals surface area contributed by atoms with E-state index in [9.17, 15) is 4.79 Å². The zero-order valence-corrected chi connectivity index (χ0v) is 15.9. The molecule has 0 unspecified atom stereocenters. The third kappa shape index (κ3) is 5.48. The third-order valence-corrected chi connectivity index (χ3v) is 4.08. The quantitative estimate of drug-likeness (QED) is 0.644. The van der Waals surface area contributed by atoms with Gasteiger partial charge in [-0.2, -0.15) is 0 Å². The number of benzene rings is 2. The molecule has 1 heterocycles. The molecule has 144 valence electrons. The number of nitrogens with zero attached hydrogens (tertiary/aromatic N) is 1. The summed E-state index contributed by atoms with van der Waals surface area (Å²) in [7, 11) is 1.56. The number of anilines is 1. The smallest absolute Gasteiger partial charge is 0.319 e. The van der Waals surface area contributed by atoms with Gasteiger partial charge in [0.1, 0.15) is 12.4 Å². The van der Waals surface area contributed by atoms with E-state index in [1.54, 1.807) is 19.4 Å². The topological polar surface area (TPSA) is 72.5 Å². The number of hydrogen-bond acceptors (Lipinski definition) is 4. The molecule has 0 saturated heterocycles. The molecule has 0 bridgehead atoms. The van der Waals surface area contributed by atoms with Crippen LogP contribution in [-0.4, -0.2) is 18.1 Å². The van der Waals surface area contributed by atoms with Crippen LogP contribution in [-0.2, 0) is 13.2 Å². The fourth-order valence-electron chi connectivity index (χ4n) is 2.61. The lowest BCUT2D eigenvalue weighted by molar-refractivity contribution is 0.251. The molecule has 0 atom stereocenters. The van der Waals surface area contributed by atoms with Gasteiger partial charge >= 0.3 is 6.03 Å². The van der Waals surface area contributed by atoms with E-state index >= 15 is 0 Å². The maximum atomic E-state index is 12.3. The van der Waals surface area contributed by atoms with Crippen LogP contribution in [0.15, 0.2) is 66.9 Å². The highest BCUT2D eigenvalue weighted by molar-refractivity contribution is 5.90. The Morgan fingerprint density at radius 3 is 2.64 bits per heavy atom. The number of carbonyl (C=O) groups excluding carboxylic acids is 1. The Kier molecular flexibility index (Phi) is 6.46. The van der Waals surface area contributed by atoms with Gasteiger partial charge in [-0.15, -0.1) is 0 Å². The van der Waals surface area contributed by atoms with Crippen molar-refractivity contribution in [3.05, 3.63) is 83.6 Å². The van der Waals surface area contributed by atoms with Gasteiger partial charge in [-0.1, -0.05) is 36.4 Å². The zero-order chi connectivity index (χ0) is 19.8. The van der Waals surface area contributed by atoms with Gasteiger partial charge in [0, 0.05) is 18.8 Å². The van der Waals surface area contributed by atoms with E-state index in [-0.39, 0.29) is 6.03 Å². The van der Waals surface area contributed by atoms with Crippen LogP contribution in [0.5, 0.6) is 11.6 Å². The fourth-order valence-corrected chi connectivity index (χ4v) is 2.61. The number of pyridine rings is 1. The predicted molar refractivity (Wildman–Crippen MR) is 109 cm³/mol.